The molecule has 1 aliphatic rings. The molecule has 0 bridgehead atoms. The zero-order valence-corrected chi connectivity index (χ0v) is 8.19. The molecule has 2 atom stereocenters. The normalized spacial score (nSPS) is 25.3. The lowest BCUT2D eigenvalue weighted by Crippen LogP contribution is -2.35. The molecule has 0 spiro atoms. The minimum Gasteiger partial charge on any atom is -0.480 e. The van der Waals surface area contributed by atoms with Gasteiger partial charge in [-0.1, -0.05) is 0 Å². The van der Waals surface area contributed by atoms with Crippen molar-refractivity contribution in [2.45, 2.75) is 25.3 Å². The smallest absolute Gasteiger partial charge is 0.326 e. The van der Waals surface area contributed by atoms with Crippen LogP contribution in [0.4, 0.5) is 0 Å². The van der Waals surface area contributed by atoms with Crippen LogP contribution in [0.1, 0.15) is 23.9 Å². The fourth-order valence-electron chi connectivity index (χ4n) is 1.80. The third kappa shape index (κ3) is 1.72. The number of hydrogen-bond donors (Lipinski definition) is 2. The Hall–Kier alpha value is -1.78. The quantitative estimate of drug-likeness (QED) is 0.749. The van der Waals surface area contributed by atoms with E-state index in [1.165, 1.54) is 0 Å². The van der Waals surface area contributed by atoms with E-state index >= 15 is 0 Å². The Bertz CT molecular complexity index is 409. The summed E-state index contributed by atoms with van der Waals surface area (Å²) in [7, 11) is 0. The van der Waals surface area contributed by atoms with Crippen LogP contribution in [-0.4, -0.2) is 23.0 Å². The summed E-state index contributed by atoms with van der Waals surface area (Å²) in [5, 5.41) is 11.3. The first-order valence-electron chi connectivity index (χ1n) is 4.66. The number of carboxylic acid groups (broad SMARTS) is 1. The molecule has 0 aliphatic carbocycles. The fourth-order valence-corrected chi connectivity index (χ4v) is 1.80. The Morgan fingerprint density at radius 1 is 1.60 bits per heavy atom. The number of furan rings is 1. The summed E-state index contributed by atoms with van der Waals surface area (Å²) in [6.07, 6.45) is 0.171. The molecule has 0 saturated carbocycles. The fraction of sp³-hybridized carbons (Fsp3) is 0.400. The molecule has 15 heavy (non-hydrogen) atoms. The summed E-state index contributed by atoms with van der Waals surface area (Å²) >= 11 is 0. The minimum absolute atomic E-state index is 0.171. The molecule has 5 heteroatoms. The second-order valence-electron chi connectivity index (χ2n) is 3.64. The lowest BCUT2D eigenvalue weighted by molar-refractivity contribution is -0.140. The number of amides is 1. The molecule has 2 rings (SSSR count). The molecule has 0 aromatic carbocycles. The molecule has 1 aliphatic heterocycles. The van der Waals surface area contributed by atoms with E-state index in [-0.39, 0.29) is 12.3 Å². The van der Waals surface area contributed by atoms with Crippen molar-refractivity contribution in [1.29, 1.82) is 0 Å². The third-order valence-corrected chi connectivity index (χ3v) is 2.52. The van der Waals surface area contributed by atoms with Crippen LogP contribution in [0.15, 0.2) is 16.5 Å². The van der Waals surface area contributed by atoms with Crippen molar-refractivity contribution in [1.82, 2.24) is 5.32 Å². The Kier molecular flexibility index (Phi) is 2.22. The van der Waals surface area contributed by atoms with Crippen molar-refractivity contribution in [2.75, 3.05) is 0 Å². The van der Waals surface area contributed by atoms with Gasteiger partial charge in [0.25, 0.3) is 0 Å². The maximum absolute atomic E-state index is 11.1. The summed E-state index contributed by atoms with van der Waals surface area (Å²) in [6.45, 7) is 1.78. The first-order chi connectivity index (χ1) is 7.08. The van der Waals surface area contributed by atoms with E-state index in [1.54, 1.807) is 19.1 Å². The average molecular weight is 209 g/mol. The number of hydrogen-bond acceptors (Lipinski definition) is 3. The van der Waals surface area contributed by atoms with Gasteiger partial charge in [-0.3, -0.25) is 4.79 Å². The molecular formula is C10H11NO4. The van der Waals surface area contributed by atoms with E-state index in [0.717, 1.165) is 0 Å². The molecule has 80 valence electrons. The summed E-state index contributed by atoms with van der Waals surface area (Å²) in [4.78, 5) is 22.0. The van der Waals surface area contributed by atoms with Gasteiger partial charge in [-0.25, -0.2) is 4.79 Å². The van der Waals surface area contributed by atoms with Gasteiger partial charge in [0.1, 0.15) is 17.6 Å². The number of aryl methyl sites for hydroxylation is 1. The standard InChI is InChI=1S/C10H11NO4/c1-5-2-3-7(15-5)6-4-8(12)11-9(6)10(13)14/h2-3,6,9H,4H2,1H3,(H,11,12)(H,13,14)/t6-,9-/m0/s1. The van der Waals surface area contributed by atoms with Crippen LogP contribution < -0.4 is 5.32 Å². The van der Waals surface area contributed by atoms with Crippen molar-refractivity contribution in [3.8, 4) is 0 Å². The Morgan fingerprint density at radius 3 is 2.87 bits per heavy atom. The lowest BCUT2D eigenvalue weighted by Gasteiger charge is -2.11. The van der Waals surface area contributed by atoms with Crippen LogP contribution in [0.25, 0.3) is 0 Å². The Balaban J connectivity index is 2.27. The molecule has 1 fully saturated rings. The van der Waals surface area contributed by atoms with E-state index < -0.39 is 17.9 Å². The number of carbonyl (C=O) groups excluding carboxylic acids is 1. The topological polar surface area (TPSA) is 79.5 Å². The summed E-state index contributed by atoms with van der Waals surface area (Å²) in [5.74, 6) is -0.406. The van der Waals surface area contributed by atoms with Crippen LogP contribution in [0.2, 0.25) is 0 Å². The number of rotatable bonds is 2. The lowest BCUT2D eigenvalue weighted by atomic mass is 9.98. The van der Waals surface area contributed by atoms with Gasteiger partial charge in [-0.15, -0.1) is 0 Å². The van der Waals surface area contributed by atoms with Crippen molar-refractivity contribution >= 4 is 11.9 Å². The maximum Gasteiger partial charge on any atom is 0.326 e. The predicted octanol–water partition coefficient (Wildman–Crippen LogP) is 0.645. The van der Waals surface area contributed by atoms with Crippen LogP contribution in [0, 0.1) is 6.92 Å². The highest BCUT2D eigenvalue weighted by molar-refractivity contribution is 5.89. The van der Waals surface area contributed by atoms with E-state index in [4.69, 9.17) is 9.52 Å². The molecular weight excluding hydrogens is 198 g/mol. The van der Waals surface area contributed by atoms with Gasteiger partial charge in [0, 0.05) is 6.42 Å². The number of aliphatic carboxylic acids is 1. The second-order valence-corrected chi connectivity index (χ2v) is 3.64. The van der Waals surface area contributed by atoms with Gasteiger partial charge >= 0.3 is 5.97 Å². The second kappa shape index (κ2) is 3.42. The zero-order valence-electron chi connectivity index (χ0n) is 8.19. The summed E-state index contributed by atoms with van der Waals surface area (Å²) < 4.78 is 5.34. The van der Waals surface area contributed by atoms with Crippen molar-refractivity contribution in [3.63, 3.8) is 0 Å². The largest absolute Gasteiger partial charge is 0.480 e. The molecule has 2 heterocycles. The molecule has 0 unspecified atom stereocenters. The van der Waals surface area contributed by atoms with Crippen molar-refractivity contribution < 1.29 is 19.1 Å². The van der Waals surface area contributed by atoms with E-state index in [2.05, 4.69) is 5.32 Å². The van der Waals surface area contributed by atoms with Crippen LogP contribution >= 0.6 is 0 Å². The Labute approximate surface area is 86.1 Å². The SMILES string of the molecule is Cc1ccc([C@@H]2CC(=O)N[C@@H]2C(=O)O)o1. The molecule has 1 aromatic heterocycles. The average Bonchev–Trinajstić information content (AvgIpc) is 2.71. The monoisotopic (exact) mass is 209 g/mol. The van der Waals surface area contributed by atoms with Crippen LogP contribution in [0.3, 0.4) is 0 Å². The molecule has 1 aromatic rings. The van der Waals surface area contributed by atoms with Crippen molar-refractivity contribution in [3.05, 3.63) is 23.7 Å². The van der Waals surface area contributed by atoms with Gasteiger partial charge in [0.2, 0.25) is 5.91 Å². The first kappa shape index (κ1) is 9.76. The number of carboxylic acids is 1. The molecule has 1 amide bonds. The van der Waals surface area contributed by atoms with Crippen LogP contribution in [0.5, 0.6) is 0 Å². The van der Waals surface area contributed by atoms with Gasteiger partial charge < -0.3 is 14.8 Å². The first-order valence-corrected chi connectivity index (χ1v) is 4.66. The number of carbonyl (C=O) groups is 2. The molecule has 2 N–H and O–H groups in total. The third-order valence-electron chi connectivity index (χ3n) is 2.52. The highest BCUT2D eigenvalue weighted by Gasteiger charge is 2.40. The van der Waals surface area contributed by atoms with Crippen LogP contribution in [-0.2, 0) is 9.59 Å². The van der Waals surface area contributed by atoms with Crippen molar-refractivity contribution in [2.24, 2.45) is 0 Å². The van der Waals surface area contributed by atoms with Gasteiger partial charge in [-0.2, -0.15) is 0 Å². The predicted molar refractivity (Wildman–Crippen MR) is 50.4 cm³/mol. The van der Waals surface area contributed by atoms with Gasteiger partial charge in [-0.05, 0) is 19.1 Å². The molecule has 1 saturated heterocycles. The maximum atomic E-state index is 11.1. The van der Waals surface area contributed by atoms with Gasteiger partial charge in [0.05, 0.1) is 5.92 Å². The van der Waals surface area contributed by atoms with E-state index in [0.29, 0.717) is 11.5 Å². The molecule has 0 radical (unpaired) electrons. The minimum atomic E-state index is -1.03. The molecule has 5 nitrogen and oxygen atoms in total. The highest BCUT2D eigenvalue weighted by Crippen LogP contribution is 2.29. The van der Waals surface area contributed by atoms with E-state index in [1.807, 2.05) is 0 Å². The number of nitrogens with one attached hydrogen (secondary N) is 1. The zero-order chi connectivity index (χ0) is 11.0. The van der Waals surface area contributed by atoms with Gasteiger partial charge in [0.15, 0.2) is 0 Å². The Morgan fingerprint density at radius 2 is 2.33 bits per heavy atom. The summed E-state index contributed by atoms with van der Waals surface area (Å²) in [6, 6.07) is 2.61. The van der Waals surface area contributed by atoms with E-state index in [9.17, 15) is 9.59 Å². The highest BCUT2D eigenvalue weighted by atomic mass is 16.4. The summed E-state index contributed by atoms with van der Waals surface area (Å²) in [5.41, 5.74) is 0.